The second kappa shape index (κ2) is 7.12. The lowest BCUT2D eigenvalue weighted by molar-refractivity contribution is -0.306. The first-order valence-corrected chi connectivity index (χ1v) is 7.61. The molecule has 0 aliphatic carbocycles. The van der Waals surface area contributed by atoms with Gasteiger partial charge in [-0.25, -0.2) is 0 Å². The van der Waals surface area contributed by atoms with Gasteiger partial charge >= 0.3 is 0 Å². The minimum absolute atomic E-state index is 0.111. The summed E-state index contributed by atoms with van der Waals surface area (Å²) in [5.41, 5.74) is 0.952. The number of nitrogens with one attached hydrogen (secondary N) is 1. The highest BCUT2D eigenvalue weighted by Crippen LogP contribution is 2.34. The fourth-order valence-corrected chi connectivity index (χ4v) is 2.55. The Hall–Kier alpha value is -3.22. The zero-order valence-electron chi connectivity index (χ0n) is 13.5. The van der Waals surface area contributed by atoms with E-state index in [0.29, 0.717) is 28.4 Å². The number of carbonyl (C=O) groups is 2. The van der Waals surface area contributed by atoms with Crippen molar-refractivity contribution in [1.82, 2.24) is 5.32 Å². The van der Waals surface area contributed by atoms with Crippen LogP contribution in [0.15, 0.2) is 42.5 Å². The maximum absolute atomic E-state index is 12.5. The number of aliphatic carboxylic acids is 1. The summed E-state index contributed by atoms with van der Waals surface area (Å²) in [6.07, 6.45) is -0.366. The molecule has 1 N–H and O–H groups in total. The molecule has 0 unspecified atom stereocenters. The average molecular weight is 342 g/mol. The SMILES string of the molecule is COc1cccc(C(=O)N[C@@H](CC(=O)[O-])c2ccc3c(c2)OCO3)c1. The maximum atomic E-state index is 12.5. The standard InChI is InChI=1S/C18H17NO6/c1-23-13-4-2-3-12(7-13)18(22)19-14(9-17(20)21)11-5-6-15-16(8-11)25-10-24-15/h2-8,14H,9-10H2,1H3,(H,19,22)(H,20,21)/p-1/t14-/m0/s1. The first-order chi connectivity index (χ1) is 12.1. The number of carbonyl (C=O) groups excluding carboxylic acids is 2. The number of carboxylic acids is 1. The lowest BCUT2D eigenvalue weighted by Gasteiger charge is -2.20. The van der Waals surface area contributed by atoms with E-state index < -0.39 is 17.9 Å². The van der Waals surface area contributed by atoms with Gasteiger partial charge in [-0.3, -0.25) is 4.79 Å². The Bertz CT molecular complexity index is 804. The van der Waals surface area contributed by atoms with E-state index >= 15 is 0 Å². The van der Waals surface area contributed by atoms with E-state index in [9.17, 15) is 14.7 Å². The zero-order valence-corrected chi connectivity index (χ0v) is 13.5. The molecule has 7 nitrogen and oxygen atoms in total. The van der Waals surface area contributed by atoms with Crippen LogP contribution in [0.3, 0.4) is 0 Å². The van der Waals surface area contributed by atoms with Crippen molar-refractivity contribution in [3.63, 3.8) is 0 Å². The van der Waals surface area contributed by atoms with E-state index in [0.717, 1.165) is 0 Å². The third-order valence-corrected chi connectivity index (χ3v) is 3.81. The van der Waals surface area contributed by atoms with Gasteiger partial charge in [0.25, 0.3) is 5.91 Å². The molecule has 0 aromatic heterocycles. The van der Waals surface area contributed by atoms with Crippen LogP contribution in [0.5, 0.6) is 17.2 Å². The van der Waals surface area contributed by atoms with Crippen LogP contribution in [-0.4, -0.2) is 25.8 Å². The molecule has 0 saturated carbocycles. The van der Waals surface area contributed by atoms with E-state index in [-0.39, 0.29) is 13.2 Å². The van der Waals surface area contributed by atoms with Crippen LogP contribution in [0.2, 0.25) is 0 Å². The molecular weight excluding hydrogens is 326 g/mol. The number of benzene rings is 2. The van der Waals surface area contributed by atoms with Gasteiger partial charge in [-0.1, -0.05) is 12.1 Å². The van der Waals surface area contributed by atoms with Gasteiger partial charge in [-0.05, 0) is 35.9 Å². The quantitative estimate of drug-likeness (QED) is 0.842. The van der Waals surface area contributed by atoms with Crippen LogP contribution < -0.4 is 24.6 Å². The van der Waals surface area contributed by atoms with Crippen molar-refractivity contribution in [2.45, 2.75) is 12.5 Å². The summed E-state index contributed by atoms with van der Waals surface area (Å²) in [6, 6.07) is 10.8. The summed E-state index contributed by atoms with van der Waals surface area (Å²) < 4.78 is 15.6. The Morgan fingerprint density at radius 1 is 1.20 bits per heavy atom. The van der Waals surface area contributed by atoms with Gasteiger partial charge in [0.15, 0.2) is 11.5 Å². The molecule has 1 amide bonds. The van der Waals surface area contributed by atoms with Crippen molar-refractivity contribution in [2.75, 3.05) is 13.9 Å². The van der Waals surface area contributed by atoms with Gasteiger partial charge in [-0.15, -0.1) is 0 Å². The molecule has 0 radical (unpaired) electrons. The lowest BCUT2D eigenvalue weighted by atomic mass is 10.0. The molecule has 7 heteroatoms. The van der Waals surface area contributed by atoms with Crippen LogP contribution in [0, 0.1) is 0 Å². The fraction of sp³-hybridized carbons (Fsp3) is 0.222. The van der Waals surface area contributed by atoms with Crippen LogP contribution in [0.4, 0.5) is 0 Å². The second-order valence-electron chi connectivity index (χ2n) is 5.45. The van der Waals surface area contributed by atoms with E-state index in [4.69, 9.17) is 14.2 Å². The van der Waals surface area contributed by atoms with Gasteiger partial charge in [0.1, 0.15) is 5.75 Å². The fourth-order valence-electron chi connectivity index (χ4n) is 2.55. The van der Waals surface area contributed by atoms with Crippen molar-refractivity contribution < 1.29 is 28.9 Å². The first kappa shape index (κ1) is 16.6. The van der Waals surface area contributed by atoms with Crippen LogP contribution in [-0.2, 0) is 4.79 Å². The topological polar surface area (TPSA) is 96.9 Å². The maximum Gasteiger partial charge on any atom is 0.251 e. The summed E-state index contributed by atoms with van der Waals surface area (Å²) in [5.74, 6) is -0.0600. The molecule has 1 aliphatic heterocycles. The second-order valence-corrected chi connectivity index (χ2v) is 5.45. The Balaban J connectivity index is 1.83. The summed E-state index contributed by atoms with van der Waals surface area (Å²) in [4.78, 5) is 23.6. The summed E-state index contributed by atoms with van der Waals surface area (Å²) in [6.45, 7) is 0.111. The molecule has 1 atom stereocenters. The van der Waals surface area contributed by atoms with Gasteiger partial charge < -0.3 is 29.4 Å². The molecule has 3 rings (SSSR count). The average Bonchev–Trinajstić information content (AvgIpc) is 3.08. The minimum Gasteiger partial charge on any atom is -0.550 e. The number of hydrogen-bond donors (Lipinski definition) is 1. The minimum atomic E-state index is -1.27. The normalized spacial score (nSPS) is 13.2. The Kier molecular flexibility index (Phi) is 4.74. The lowest BCUT2D eigenvalue weighted by Crippen LogP contribution is -2.34. The van der Waals surface area contributed by atoms with E-state index in [1.165, 1.54) is 7.11 Å². The van der Waals surface area contributed by atoms with E-state index in [1.54, 1.807) is 42.5 Å². The summed E-state index contributed by atoms with van der Waals surface area (Å²) >= 11 is 0. The van der Waals surface area contributed by atoms with Crippen LogP contribution >= 0.6 is 0 Å². The van der Waals surface area contributed by atoms with E-state index in [1.807, 2.05) is 0 Å². The number of ether oxygens (including phenoxy) is 3. The molecule has 2 aromatic carbocycles. The molecule has 25 heavy (non-hydrogen) atoms. The highest BCUT2D eigenvalue weighted by atomic mass is 16.7. The number of carboxylic acid groups (broad SMARTS) is 1. The molecule has 2 aromatic rings. The highest BCUT2D eigenvalue weighted by Gasteiger charge is 2.20. The van der Waals surface area contributed by atoms with Gasteiger partial charge in [0.2, 0.25) is 6.79 Å². The van der Waals surface area contributed by atoms with Crippen molar-refractivity contribution in [1.29, 1.82) is 0 Å². The van der Waals surface area contributed by atoms with Gasteiger partial charge in [-0.2, -0.15) is 0 Å². The molecule has 0 bridgehead atoms. The third-order valence-electron chi connectivity index (χ3n) is 3.81. The summed E-state index contributed by atoms with van der Waals surface area (Å²) in [7, 11) is 1.50. The van der Waals surface area contributed by atoms with Crippen LogP contribution in [0.25, 0.3) is 0 Å². The molecule has 0 spiro atoms. The Morgan fingerprint density at radius 3 is 2.76 bits per heavy atom. The molecular formula is C18H16NO6-. The monoisotopic (exact) mass is 342 g/mol. The van der Waals surface area contributed by atoms with Crippen molar-refractivity contribution >= 4 is 11.9 Å². The predicted molar refractivity (Wildman–Crippen MR) is 85.4 cm³/mol. The van der Waals surface area contributed by atoms with Gasteiger partial charge in [0.05, 0.1) is 13.2 Å². The van der Waals surface area contributed by atoms with Crippen molar-refractivity contribution in [3.8, 4) is 17.2 Å². The van der Waals surface area contributed by atoms with E-state index in [2.05, 4.69) is 5.32 Å². The number of rotatable bonds is 6. The number of fused-ring (bicyclic) bond motifs is 1. The zero-order chi connectivity index (χ0) is 17.8. The van der Waals surface area contributed by atoms with Crippen LogP contribution in [0.1, 0.15) is 28.4 Å². The first-order valence-electron chi connectivity index (χ1n) is 7.61. The molecule has 130 valence electrons. The summed E-state index contributed by atoms with van der Waals surface area (Å²) in [5, 5.41) is 13.8. The third kappa shape index (κ3) is 3.82. The molecule has 0 fully saturated rings. The molecule has 1 aliphatic rings. The largest absolute Gasteiger partial charge is 0.550 e. The number of hydrogen-bond acceptors (Lipinski definition) is 6. The smallest absolute Gasteiger partial charge is 0.251 e. The Labute approximate surface area is 144 Å². The number of amides is 1. The van der Waals surface area contributed by atoms with Gasteiger partial charge in [0, 0.05) is 18.0 Å². The highest BCUT2D eigenvalue weighted by molar-refractivity contribution is 5.95. The Morgan fingerprint density at radius 2 is 2.00 bits per heavy atom. The molecule has 0 saturated heterocycles. The van der Waals surface area contributed by atoms with Crippen molar-refractivity contribution in [2.24, 2.45) is 0 Å². The predicted octanol–water partition coefficient (Wildman–Crippen LogP) is 1.03. The molecule has 1 heterocycles. The number of methoxy groups -OCH3 is 1. The van der Waals surface area contributed by atoms with Crippen molar-refractivity contribution in [3.05, 3.63) is 53.6 Å².